The fourth-order valence-corrected chi connectivity index (χ4v) is 3.75. The normalized spacial score (nSPS) is 23.7. The molecule has 1 heterocycles. The molecule has 8 heteroatoms. The zero-order valence-corrected chi connectivity index (χ0v) is 15.6. The summed E-state index contributed by atoms with van der Waals surface area (Å²) in [4.78, 5) is 17.4. The van der Waals surface area contributed by atoms with Crippen LogP contribution in [0.3, 0.4) is 0 Å². The Bertz CT molecular complexity index is 670. The van der Waals surface area contributed by atoms with Crippen molar-refractivity contribution in [3.05, 3.63) is 34.6 Å². The van der Waals surface area contributed by atoms with E-state index >= 15 is 0 Å². The summed E-state index contributed by atoms with van der Waals surface area (Å²) in [5.74, 6) is 0.529. The third-order valence-electron chi connectivity index (χ3n) is 4.95. The van der Waals surface area contributed by atoms with E-state index in [0.717, 1.165) is 25.2 Å². The van der Waals surface area contributed by atoms with E-state index in [1.54, 1.807) is 17.0 Å². The average Bonchev–Trinajstić information content (AvgIpc) is 3.34. The SMILES string of the molecule is CCN=C(NC1CCN(C(N)=O)CC1)NC1CC1c1c(F)cccc1Cl. The number of hydrogen-bond acceptors (Lipinski definition) is 2. The molecule has 0 radical (unpaired) electrons. The van der Waals surface area contributed by atoms with Gasteiger partial charge in [-0.15, -0.1) is 0 Å². The van der Waals surface area contributed by atoms with E-state index in [4.69, 9.17) is 17.3 Å². The second-order valence-electron chi connectivity index (χ2n) is 6.80. The lowest BCUT2D eigenvalue weighted by atomic mass is 10.1. The third-order valence-corrected chi connectivity index (χ3v) is 5.28. The van der Waals surface area contributed by atoms with Gasteiger partial charge >= 0.3 is 6.03 Å². The van der Waals surface area contributed by atoms with Gasteiger partial charge in [-0.2, -0.15) is 0 Å². The number of amides is 2. The van der Waals surface area contributed by atoms with Gasteiger partial charge in [-0.1, -0.05) is 17.7 Å². The Balaban J connectivity index is 1.56. The molecular weight excluding hydrogens is 357 g/mol. The molecule has 6 nitrogen and oxygen atoms in total. The molecule has 2 atom stereocenters. The predicted octanol–water partition coefficient (Wildman–Crippen LogP) is 2.43. The summed E-state index contributed by atoms with van der Waals surface area (Å²) in [7, 11) is 0. The van der Waals surface area contributed by atoms with E-state index < -0.39 is 0 Å². The van der Waals surface area contributed by atoms with Crippen LogP contribution in [0.1, 0.15) is 37.7 Å². The van der Waals surface area contributed by atoms with Crippen LogP contribution in [0.25, 0.3) is 0 Å². The maximum Gasteiger partial charge on any atom is 0.314 e. The Morgan fingerprint density at radius 3 is 2.73 bits per heavy atom. The summed E-state index contributed by atoms with van der Waals surface area (Å²) in [5, 5.41) is 7.28. The molecule has 3 rings (SSSR count). The molecule has 4 N–H and O–H groups in total. The van der Waals surface area contributed by atoms with Gasteiger partial charge in [0.2, 0.25) is 0 Å². The standard InChI is InChI=1S/C18H25ClFN5O/c1-2-22-18(23-11-6-8-25(9-7-11)17(21)26)24-15-10-12(15)16-13(19)4-3-5-14(16)20/h3-5,11-12,15H,2,6-10H2,1H3,(H2,21,26)(H2,22,23,24). The molecule has 1 aliphatic heterocycles. The Labute approximate surface area is 158 Å². The zero-order chi connectivity index (χ0) is 18.7. The molecule has 0 spiro atoms. The lowest BCUT2D eigenvalue weighted by Crippen LogP contribution is -2.51. The molecule has 1 aromatic rings. The first-order valence-corrected chi connectivity index (χ1v) is 9.43. The van der Waals surface area contributed by atoms with Gasteiger partial charge in [-0.05, 0) is 38.3 Å². The van der Waals surface area contributed by atoms with Crippen LogP contribution >= 0.6 is 11.6 Å². The lowest BCUT2D eigenvalue weighted by Gasteiger charge is -2.32. The number of nitrogens with two attached hydrogens (primary N) is 1. The number of carbonyl (C=O) groups is 1. The number of aliphatic imine (C=N–C) groups is 1. The van der Waals surface area contributed by atoms with Crippen molar-refractivity contribution in [2.45, 2.75) is 44.2 Å². The van der Waals surface area contributed by atoms with E-state index in [0.29, 0.717) is 30.2 Å². The maximum absolute atomic E-state index is 14.1. The van der Waals surface area contributed by atoms with Crippen LogP contribution in [0.5, 0.6) is 0 Å². The molecule has 2 aliphatic rings. The maximum atomic E-state index is 14.1. The van der Waals surface area contributed by atoms with Crippen molar-refractivity contribution >= 4 is 23.6 Å². The minimum absolute atomic E-state index is 0.0595. The van der Waals surface area contributed by atoms with Gasteiger partial charge in [-0.3, -0.25) is 4.99 Å². The average molecular weight is 382 g/mol. The van der Waals surface area contributed by atoms with E-state index in [-0.39, 0.29) is 29.8 Å². The van der Waals surface area contributed by atoms with Gasteiger partial charge in [-0.25, -0.2) is 9.18 Å². The first-order valence-electron chi connectivity index (χ1n) is 9.05. The van der Waals surface area contributed by atoms with Crippen molar-refractivity contribution in [1.29, 1.82) is 0 Å². The van der Waals surface area contributed by atoms with Gasteiger partial charge in [0.05, 0.1) is 0 Å². The van der Waals surface area contributed by atoms with Crippen LogP contribution in [0.2, 0.25) is 5.02 Å². The molecule has 1 saturated heterocycles. The number of nitrogens with one attached hydrogen (secondary N) is 2. The summed E-state index contributed by atoms with van der Waals surface area (Å²) in [6.45, 7) is 3.90. The Hall–Kier alpha value is -2.02. The first-order chi connectivity index (χ1) is 12.5. The van der Waals surface area contributed by atoms with Crippen LogP contribution in [0.4, 0.5) is 9.18 Å². The largest absolute Gasteiger partial charge is 0.354 e. The first kappa shape index (κ1) is 18.8. The number of piperidine rings is 1. The highest BCUT2D eigenvalue weighted by Crippen LogP contribution is 2.44. The van der Waals surface area contributed by atoms with Crippen molar-refractivity contribution in [3.63, 3.8) is 0 Å². The summed E-state index contributed by atoms with van der Waals surface area (Å²) >= 11 is 6.17. The molecule has 142 valence electrons. The number of primary amides is 1. The second kappa shape index (κ2) is 8.12. The molecule has 0 bridgehead atoms. The number of halogens is 2. The molecule has 2 unspecified atom stereocenters. The van der Waals surface area contributed by atoms with Gasteiger partial charge in [0.15, 0.2) is 5.96 Å². The zero-order valence-electron chi connectivity index (χ0n) is 14.8. The number of carbonyl (C=O) groups excluding carboxylic acids is 1. The second-order valence-corrected chi connectivity index (χ2v) is 7.20. The highest BCUT2D eigenvalue weighted by molar-refractivity contribution is 6.31. The quantitative estimate of drug-likeness (QED) is 0.553. The lowest BCUT2D eigenvalue weighted by molar-refractivity contribution is 0.188. The molecule has 1 saturated carbocycles. The highest BCUT2D eigenvalue weighted by Gasteiger charge is 2.42. The van der Waals surface area contributed by atoms with E-state index in [9.17, 15) is 9.18 Å². The van der Waals surface area contributed by atoms with Crippen LogP contribution in [-0.2, 0) is 0 Å². The van der Waals surface area contributed by atoms with Gasteiger partial charge in [0.25, 0.3) is 0 Å². The molecule has 1 aromatic carbocycles. The number of guanidine groups is 1. The number of rotatable bonds is 4. The summed E-state index contributed by atoms with van der Waals surface area (Å²) in [6, 6.07) is 4.77. The van der Waals surface area contributed by atoms with Crippen LogP contribution in [0, 0.1) is 5.82 Å². The molecule has 2 fully saturated rings. The Morgan fingerprint density at radius 1 is 1.38 bits per heavy atom. The fourth-order valence-electron chi connectivity index (χ4n) is 3.44. The van der Waals surface area contributed by atoms with Crippen LogP contribution in [0.15, 0.2) is 23.2 Å². The number of benzene rings is 1. The van der Waals surface area contributed by atoms with Crippen molar-refractivity contribution in [2.75, 3.05) is 19.6 Å². The van der Waals surface area contributed by atoms with Crippen molar-refractivity contribution in [1.82, 2.24) is 15.5 Å². The predicted molar refractivity (Wildman–Crippen MR) is 101 cm³/mol. The molecular formula is C18H25ClFN5O. The minimum Gasteiger partial charge on any atom is -0.354 e. The monoisotopic (exact) mass is 381 g/mol. The van der Waals surface area contributed by atoms with Crippen LogP contribution in [-0.4, -0.2) is 48.6 Å². The van der Waals surface area contributed by atoms with Crippen molar-refractivity contribution < 1.29 is 9.18 Å². The number of urea groups is 1. The highest BCUT2D eigenvalue weighted by atomic mass is 35.5. The fraction of sp³-hybridized carbons (Fsp3) is 0.556. The number of hydrogen-bond donors (Lipinski definition) is 3. The Morgan fingerprint density at radius 2 is 2.12 bits per heavy atom. The molecule has 1 aliphatic carbocycles. The molecule has 26 heavy (non-hydrogen) atoms. The summed E-state index contributed by atoms with van der Waals surface area (Å²) in [5.41, 5.74) is 5.90. The van der Waals surface area contributed by atoms with Crippen molar-refractivity contribution in [2.24, 2.45) is 10.7 Å². The van der Waals surface area contributed by atoms with Gasteiger partial charge < -0.3 is 21.3 Å². The van der Waals surface area contributed by atoms with E-state index in [1.807, 2.05) is 6.92 Å². The smallest absolute Gasteiger partial charge is 0.314 e. The van der Waals surface area contributed by atoms with Crippen molar-refractivity contribution in [3.8, 4) is 0 Å². The Kier molecular flexibility index (Phi) is 5.86. The van der Waals surface area contributed by atoms with Crippen LogP contribution < -0.4 is 16.4 Å². The van der Waals surface area contributed by atoms with E-state index in [1.165, 1.54) is 6.07 Å². The topological polar surface area (TPSA) is 82.8 Å². The van der Waals surface area contributed by atoms with Gasteiger partial charge in [0.1, 0.15) is 5.82 Å². The summed E-state index contributed by atoms with van der Waals surface area (Å²) in [6.07, 6.45) is 2.46. The number of likely N-dealkylation sites (tertiary alicyclic amines) is 1. The molecule has 2 amide bonds. The molecule has 0 aromatic heterocycles. The van der Waals surface area contributed by atoms with Gasteiger partial charge in [0, 0.05) is 48.2 Å². The minimum atomic E-state index is -0.369. The third kappa shape index (κ3) is 4.38. The number of nitrogens with zero attached hydrogens (tertiary/aromatic N) is 2. The summed E-state index contributed by atoms with van der Waals surface area (Å²) < 4.78 is 14.1. The van der Waals surface area contributed by atoms with E-state index in [2.05, 4.69) is 15.6 Å².